The molecule has 0 spiro atoms. The van der Waals surface area contributed by atoms with Crippen molar-refractivity contribution in [2.24, 2.45) is 10.7 Å². The van der Waals surface area contributed by atoms with E-state index in [2.05, 4.69) is 34.6 Å². The van der Waals surface area contributed by atoms with Crippen LogP contribution in [-0.4, -0.2) is 23.8 Å². The summed E-state index contributed by atoms with van der Waals surface area (Å²) in [4.78, 5) is 19.5. The van der Waals surface area contributed by atoms with E-state index in [1.807, 2.05) is 54.6 Å². The predicted octanol–water partition coefficient (Wildman–Crippen LogP) is 4.60. The molecule has 0 fully saturated rings. The Morgan fingerprint density at radius 1 is 0.931 bits per heavy atom. The Bertz CT molecular complexity index is 1260. The van der Waals surface area contributed by atoms with E-state index in [4.69, 9.17) is 5.73 Å². The van der Waals surface area contributed by atoms with Crippen LogP contribution in [0.3, 0.4) is 0 Å². The lowest BCUT2D eigenvalue weighted by molar-refractivity contribution is -0.129. The minimum absolute atomic E-state index is 0.145. The molecular weight excluding hydrogens is 378 g/mol. The van der Waals surface area contributed by atoms with Gasteiger partial charge >= 0.3 is 0 Å². The molecule has 1 aliphatic rings. The van der Waals surface area contributed by atoms with E-state index in [0.717, 1.165) is 22.3 Å². The first-order valence-electron chi connectivity index (χ1n) is 9.37. The lowest BCUT2D eigenvalue weighted by Gasteiger charge is -2.26. The SMILES string of the molecule is CN1C(=O)C(c2ccccc2)(c2cccc(-c3csc4ccccc34)c2)N=C1N. The van der Waals surface area contributed by atoms with Crippen molar-refractivity contribution in [3.8, 4) is 11.1 Å². The summed E-state index contributed by atoms with van der Waals surface area (Å²) in [6.45, 7) is 0. The number of rotatable bonds is 3. The second kappa shape index (κ2) is 6.57. The van der Waals surface area contributed by atoms with Gasteiger partial charge < -0.3 is 5.73 Å². The number of hydrogen-bond acceptors (Lipinski definition) is 4. The van der Waals surface area contributed by atoms with Gasteiger partial charge in [0.25, 0.3) is 5.91 Å². The highest BCUT2D eigenvalue weighted by atomic mass is 32.1. The molecule has 4 aromatic rings. The van der Waals surface area contributed by atoms with Crippen LogP contribution in [0.5, 0.6) is 0 Å². The van der Waals surface area contributed by atoms with Crippen molar-refractivity contribution in [1.29, 1.82) is 0 Å². The van der Waals surface area contributed by atoms with Crippen molar-refractivity contribution < 1.29 is 4.79 Å². The molecule has 1 aromatic heterocycles. The lowest BCUT2D eigenvalue weighted by atomic mass is 9.82. The Balaban J connectivity index is 1.73. The zero-order chi connectivity index (χ0) is 20.0. The third kappa shape index (κ3) is 2.58. The maximum atomic E-state index is 13.4. The molecule has 0 aliphatic carbocycles. The molecule has 29 heavy (non-hydrogen) atoms. The second-order valence-electron chi connectivity index (χ2n) is 7.14. The first kappa shape index (κ1) is 17.6. The molecule has 4 nitrogen and oxygen atoms in total. The summed E-state index contributed by atoms with van der Waals surface area (Å²) in [5.74, 6) is 0.0822. The van der Waals surface area contributed by atoms with Gasteiger partial charge in [0, 0.05) is 22.7 Å². The summed E-state index contributed by atoms with van der Waals surface area (Å²) in [5.41, 5.74) is 8.76. The molecule has 0 bridgehead atoms. The van der Waals surface area contributed by atoms with Crippen molar-refractivity contribution in [2.75, 3.05) is 7.05 Å². The molecule has 1 aliphatic heterocycles. The zero-order valence-corrected chi connectivity index (χ0v) is 16.7. The van der Waals surface area contributed by atoms with Crippen LogP contribution in [0.15, 0.2) is 89.2 Å². The quantitative estimate of drug-likeness (QED) is 0.549. The molecule has 1 atom stereocenters. The number of nitrogens with two attached hydrogens (primary N) is 1. The Morgan fingerprint density at radius 2 is 1.66 bits per heavy atom. The van der Waals surface area contributed by atoms with Crippen LogP contribution in [0.2, 0.25) is 0 Å². The van der Waals surface area contributed by atoms with E-state index in [-0.39, 0.29) is 11.9 Å². The molecule has 2 heterocycles. The fourth-order valence-corrected chi connectivity index (χ4v) is 4.95. The largest absolute Gasteiger partial charge is 0.369 e. The molecule has 5 heteroatoms. The number of likely N-dealkylation sites (N-methyl/N-ethyl adjacent to an activating group) is 1. The van der Waals surface area contributed by atoms with Crippen LogP contribution in [0.4, 0.5) is 0 Å². The van der Waals surface area contributed by atoms with E-state index in [0.29, 0.717) is 0 Å². The fourth-order valence-electron chi connectivity index (χ4n) is 3.98. The van der Waals surface area contributed by atoms with Gasteiger partial charge in [0.05, 0.1) is 0 Å². The fraction of sp³-hybridized carbons (Fsp3) is 0.0833. The monoisotopic (exact) mass is 397 g/mol. The van der Waals surface area contributed by atoms with Gasteiger partial charge in [-0.3, -0.25) is 9.69 Å². The van der Waals surface area contributed by atoms with Gasteiger partial charge in [-0.25, -0.2) is 4.99 Å². The second-order valence-corrected chi connectivity index (χ2v) is 8.05. The van der Waals surface area contributed by atoms with E-state index in [9.17, 15) is 4.79 Å². The average molecular weight is 398 g/mol. The number of benzene rings is 3. The third-order valence-corrected chi connectivity index (χ3v) is 6.47. The summed E-state index contributed by atoms with van der Waals surface area (Å²) in [5, 5.41) is 3.38. The Hall–Kier alpha value is -3.44. The third-order valence-electron chi connectivity index (χ3n) is 5.50. The molecule has 3 aromatic carbocycles. The van der Waals surface area contributed by atoms with Crippen LogP contribution in [-0.2, 0) is 10.3 Å². The lowest BCUT2D eigenvalue weighted by Crippen LogP contribution is -2.41. The van der Waals surface area contributed by atoms with Crippen molar-refractivity contribution in [3.63, 3.8) is 0 Å². The maximum absolute atomic E-state index is 13.4. The Kier molecular flexibility index (Phi) is 4.00. The molecule has 142 valence electrons. The topological polar surface area (TPSA) is 58.7 Å². The number of carbonyl (C=O) groups is 1. The minimum atomic E-state index is -1.16. The predicted molar refractivity (Wildman–Crippen MR) is 119 cm³/mol. The van der Waals surface area contributed by atoms with Crippen molar-refractivity contribution >= 4 is 33.3 Å². The number of aliphatic imine (C=N–C) groups is 1. The minimum Gasteiger partial charge on any atom is -0.369 e. The van der Waals surface area contributed by atoms with Gasteiger partial charge in [-0.1, -0.05) is 66.7 Å². The number of guanidine groups is 1. The average Bonchev–Trinajstić information content (AvgIpc) is 3.30. The molecule has 0 radical (unpaired) electrons. The van der Waals surface area contributed by atoms with E-state index >= 15 is 0 Å². The van der Waals surface area contributed by atoms with Crippen LogP contribution >= 0.6 is 11.3 Å². The number of carbonyl (C=O) groups excluding carboxylic acids is 1. The van der Waals surface area contributed by atoms with Crippen molar-refractivity contribution in [2.45, 2.75) is 5.54 Å². The summed E-state index contributed by atoms with van der Waals surface area (Å²) < 4.78 is 1.24. The molecule has 1 amide bonds. The highest BCUT2D eigenvalue weighted by molar-refractivity contribution is 7.17. The van der Waals surface area contributed by atoms with Gasteiger partial charge in [0.2, 0.25) is 0 Å². The number of nitrogens with zero attached hydrogens (tertiary/aromatic N) is 2. The van der Waals surface area contributed by atoms with Gasteiger partial charge in [-0.05, 0) is 34.2 Å². The van der Waals surface area contributed by atoms with Crippen LogP contribution in [0.25, 0.3) is 21.2 Å². The Labute approximate surface area is 172 Å². The summed E-state index contributed by atoms with van der Waals surface area (Å²) >= 11 is 1.72. The number of hydrogen-bond donors (Lipinski definition) is 1. The number of thiophene rings is 1. The Morgan fingerprint density at radius 3 is 2.41 bits per heavy atom. The highest BCUT2D eigenvalue weighted by Gasteiger charge is 2.49. The first-order valence-corrected chi connectivity index (χ1v) is 10.3. The molecule has 0 saturated heterocycles. The van der Waals surface area contributed by atoms with E-state index < -0.39 is 5.54 Å². The maximum Gasteiger partial charge on any atom is 0.266 e. The molecular formula is C24H19N3OS. The van der Waals surface area contributed by atoms with Crippen LogP contribution in [0, 0.1) is 0 Å². The van der Waals surface area contributed by atoms with Crippen LogP contribution < -0.4 is 5.73 Å². The normalized spacial score (nSPS) is 19.0. The van der Waals surface area contributed by atoms with Gasteiger partial charge in [-0.2, -0.15) is 0 Å². The number of amides is 1. The van der Waals surface area contributed by atoms with Crippen molar-refractivity contribution in [3.05, 3.63) is 95.4 Å². The molecule has 5 rings (SSSR count). The standard InChI is InChI=1S/C24H19N3OS/c1-27-22(28)24(26-23(27)25,17-9-3-2-4-10-17)18-11-7-8-16(14-18)20-15-29-21-13-6-5-12-19(20)21/h2-15H,1H3,(H2,25,26). The van der Waals surface area contributed by atoms with E-state index in [1.165, 1.54) is 15.0 Å². The number of fused-ring (bicyclic) bond motifs is 1. The highest BCUT2D eigenvalue weighted by Crippen LogP contribution is 2.41. The smallest absolute Gasteiger partial charge is 0.266 e. The first-order chi connectivity index (χ1) is 14.1. The van der Waals surface area contributed by atoms with Gasteiger partial charge in [0.15, 0.2) is 11.5 Å². The zero-order valence-electron chi connectivity index (χ0n) is 15.9. The van der Waals surface area contributed by atoms with Gasteiger partial charge in [-0.15, -0.1) is 11.3 Å². The summed E-state index contributed by atoms with van der Waals surface area (Å²) in [6.07, 6.45) is 0. The van der Waals surface area contributed by atoms with Crippen molar-refractivity contribution in [1.82, 2.24) is 4.90 Å². The molecule has 0 saturated carbocycles. The molecule has 1 unspecified atom stereocenters. The van der Waals surface area contributed by atoms with E-state index in [1.54, 1.807) is 18.4 Å². The van der Waals surface area contributed by atoms with Gasteiger partial charge in [0.1, 0.15) is 0 Å². The van der Waals surface area contributed by atoms with Crippen LogP contribution in [0.1, 0.15) is 11.1 Å². The molecule has 2 N–H and O–H groups in total. The summed E-state index contributed by atoms with van der Waals surface area (Å²) in [7, 11) is 1.67. The summed E-state index contributed by atoms with van der Waals surface area (Å²) in [6, 6.07) is 26.1.